The number of nitrogens with zero attached hydrogens (tertiary/aromatic N) is 3. The van der Waals surface area contributed by atoms with Crippen molar-refractivity contribution in [2.45, 2.75) is 6.36 Å². The maximum atomic E-state index is 12.7. The van der Waals surface area contributed by atoms with E-state index in [9.17, 15) is 21.6 Å². The number of nitrogens with one attached hydrogen (secondary N) is 1. The number of sulfonamides is 1. The number of rotatable bonds is 6. The predicted molar refractivity (Wildman–Crippen MR) is 142 cm³/mol. The van der Waals surface area contributed by atoms with Crippen molar-refractivity contribution in [3.8, 4) is 16.9 Å². The zero-order valence-corrected chi connectivity index (χ0v) is 21.3. The third-order valence-electron chi connectivity index (χ3n) is 6.36. The molecular weight excluding hydrogens is 517 g/mol. The summed E-state index contributed by atoms with van der Waals surface area (Å²) >= 11 is 0. The molecule has 1 fully saturated rings. The summed E-state index contributed by atoms with van der Waals surface area (Å²) in [6, 6.07) is 21.1. The van der Waals surface area contributed by atoms with E-state index in [-0.39, 0.29) is 5.75 Å². The van der Waals surface area contributed by atoms with Gasteiger partial charge in [-0.2, -0.15) is 4.31 Å². The van der Waals surface area contributed by atoms with Gasteiger partial charge in [-0.15, -0.1) is 13.2 Å². The monoisotopic (exact) mass is 542 g/mol. The molecule has 0 unspecified atom stereocenters. The summed E-state index contributed by atoms with van der Waals surface area (Å²) in [7, 11) is -3.18. The minimum Gasteiger partial charge on any atom is -0.406 e. The molecule has 5 rings (SSSR count). The Hall–Kier alpha value is -3.83. The van der Waals surface area contributed by atoms with E-state index in [4.69, 9.17) is 0 Å². The normalized spacial score (nSPS) is 15.0. The highest BCUT2D eigenvalue weighted by Crippen LogP contribution is 2.33. The molecule has 1 saturated heterocycles. The largest absolute Gasteiger partial charge is 0.573 e. The molecule has 2 heterocycles. The van der Waals surface area contributed by atoms with Crippen LogP contribution in [0.15, 0.2) is 79.0 Å². The van der Waals surface area contributed by atoms with Crippen LogP contribution in [0, 0.1) is 0 Å². The lowest BCUT2D eigenvalue weighted by atomic mass is 10.0. The second-order valence-electron chi connectivity index (χ2n) is 8.99. The van der Waals surface area contributed by atoms with Gasteiger partial charge in [-0.05, 0) is 65.7 Å². The Bertz CT molecular complexity index is 1550. The van der Waals surface area contributed by atoms with Crippen molar-refractivity contribution in [2.24, 2.45) is 0 Å². The summed E-state index contributed by atoms with van der Waals surface area (Å²) in [5.74, 6) is -0.280. The van der Waals surface area contributed by atoms with Crippen molar-refractivity contribution in [2.75, 3.05) is 42.7 Å². The van der Waals surface area contributed by atoms with Gasteiger partial charge < -0.3 is 15.0 Å². The molecule has 1 aliphatic rings. The van der Waals surface area contributed by atoms with Crippen LogP contribution in [0.25, 0.3) is 22.0 Å². The highest BCUT2D eigenvalue weighted by atomic mass is 32.2. The van der Waals surface area contributed by atoms with Crippen LogP contribution in [0.3, 0.4) is 0 Å². The molecule has 1 aromatic heterocycles. The van der Waals surface area contributed by atoms with E-state index < -0.39 is 16.4 Å². The molecule has 4 aromatic rings. The summed E-state index contributed by atoms with van der Waals surface area (Å²) in [5.41, 5.74) is 4.71. The molecule has 11 heteroatoms. The van der Waals surface area contributed by atoms with Gasteiger partial charge >= 0.3 is 6.36 Å². The van der Waals surface area contributed by atoms with Gasteiger partial charge in [0, 0.05) is 54.8 Å². The van der Waals surface area contributed by atoms with Crippen molar-refractivity contribution in [1.82, 2.24) is 9.29 Å². The van der Waals surface area contributed by atoms with Gasteiger partial charge in [0.15, 0.2) is 0 Å². The van der Waals surface area contributed by atoms with Gasteiger partial charge in [0.05, 0.1) is 11.8 Å². The van der Waals surface area contributed by atoms with E-state index in [1.54, 1.807) is 12.3 Å². The lowest BCUT2D eigenvalue weighted by Gasteiger charge is -2.34. The average Bonchev–Trinajstić information content (AvgIpc) is 2.88. The third-order valence-corrected chi connectivity index (χ3v) is 7.66. The zero-order chi connectivity index (χ0) is 26.9. The zero-order valence-electron chi connectivity index (χ0n) is 20.4. The maximum absolute atomic E-state index is 12.7. The van der Waals surface area contributed by atoms with Gasteiger partial charge in [-0.3, -0.25) is 4.98 Å². The SMILES string of the molecule is CS(=O)(=O)N1CCN(c2ccc(Nc3ccnc4ccc(-c5cccc(OC(F)(F)F)c5)cc34)cc2)CC1. The summed E-state index contributed by atoms with van der Waals surface area (Å²) < 4.78 is 67.1. The number of halogens is 3. The van der Waals surface area contributed by atoms with E-state index in [0.717, 1.165) is 33.5 Å². The van der Waals surface area contributed by atoms with Crippen LogP contribution in [0.4, 0.5) is 30.2 Å². The molecule has 3 aromatic carbocycles. The van der Waals surface area contributed by atoms with Crippen molar-refractivity contribution in [1.29, 1.82) is 0 Å². The molecule has 0 aliphatic carbocycles. The van der Waals surface area contributed by atoms with E-state index in [1.807, 2.05) is 48.5 Å². The Kier molecular flexibility index (Phi) is 6.89. The van der Waals surface area contributed by atoms with Crippen LogP contribution >= 0.6 is 0 Å². The Labute approximate surface area is 218 Å². The van der Waals surface area contributed by atoms with Gasteiger partial charge in [-0.1, -0.05) is 18.2 Å². The topological polar surface area (TPSA) is 74.8 Å². The van der Waals surface area contributed by atoms with E-state index >= 15 is 0 Å². The first kappa shape index (κ1) is 25.8. The Morgan fingerprint density at radius 3 is 2.29 bits per heavy atom. The molecule has 1 N–H and O–H groups in total. The number of pyridine rings is 1. The number of hydrogen-bond donors (Lipinski definition) is 1. The van der Waals surface area contributed by atoms with Gasteiger partial charge in [0.1, 0.15) is 5.75 Å². The Morgan fingerprint density at radius 2 is 1.61 bits per heavy atom. The molecule has 0 saturated carbocycles. The van der Waals surface area contributed by atoms with Crippen molar-refractivity contribution >= 4 is 38.0 Å². The van der Waals surface area contributed by atoms with Crippen molar-refractivity contribution < 1.29 is 26.3 Å². The Morgan fingerprint density at radius 1 is 0.895 bits per heavy atom. The number of piperazine rings is 1. The predicted octanol–water partition coefficient (Wildman–Crippen LogP) is 5.63. The first-order valence-electron chi connectivity index (χ1n) is 11.9. The smallest absolute Gasteiger partial charge is 0.406 e. The third kappa shape index (κ3) is 6.00. The van der Waals surface area contributed by atoms with Gasteiger partial charge in [0.2, 0.25) is 10.0 Å². The number of hydrogen-bond acceptors (Lipinski definition) is 6. The van der Waals surface area contributed by atoms with Crippen LogP contribution in [-0.4, -0.2) is 56.5 Å². The van der Waals surface area contributed by atoms with Crippen molar-refractivity contribution in [3.63, 3.8) is 0 Å². The first-order valence-corrected chi connectivity index (χ1v) is 13.7. The van der Waals surface area contributed by atoms with E-state index in [0.29, 0.717) is 31.7 Å². The number of aromatic nitrogens is 1. The second kappa shape index (κ2) is 10.1. The lowest BCUT2D eigenvalue weighted by molar-refractivity contribution is -0.274. The number of ether oxygens (including phenoxy) is 1. The maximum Gasteiger partial charge on any atom is 0.573 e. The quantitative estimate of drug-likeness (QED) is 0.341. The fourth-order valence-electron chi connectivity index (χ4n) is 4.50. The molecule has 38 heavy (non-hydrogen) atoms. The number of fused-ring (bicyclic) bond motifs is 1. The lowest BCUT2D eigenvalue weighted by Crippen LogP contribution is -2.48. The molecule has 0 bridgehead atoms. The fourth-order valence-corrected chi connectivity index (χ4v) is 5.32. The number of anilines is 3. The van der Waals surface area contributed by atoms with Crippen LogP contribution in [-0.2, 0) is 10.0 Å². The minimum atomic E-state index is -4.76. The van der Waals surface area contributed by atoms with Crippen LogP contribution in [0.1, 0.15) is 0 Å². The molecule has 0 atom stereocenters. The summed E-state index contributed by atoms with van der Waals surface area (Å²) in [6.45, 7) is 2.14. The molecule has 0 spiro atoms. The molecule has 0 amide bonds. The van der Waals surface area contributed by atoms with E-state index in [1.165, 1.54) is 28.8 Å². The summed E-state index contributed by atoms with van der Waals surface area (Å²) in [6.07, 6.45) is -1.84. The van der Waals surface area contributed by atoms with Gasteiger partial charge in [0.25, 0.3) is 0 Å². The minimum absolute atomic E-state index is 0.280. The molecule has 1 aliphatic heterocycles. The summed E-state index contributed by atoms with van der Waals surface area (Å²) in [5, 5.41) is 4.22. The molecule has 0 radical (unpaired) electrons. The molecular formula is C27H25F3N4O3S. The Balaban J connectivity index is 1.35. The number of benzene rings is 3. The van der Waals surface area contributed by atoms with E-state index in [2.05, 4.69) is 19.9 Å². The molecule has 198 valence electrons. The standard InChI is InChI=1S/C27H25F3N4O3S/c1-38(35,36)34-15-13-33(14-16-34)22-8-6-21(7-9-22)32-26-11-12-31-25-10-5-20(18-24(25)26)19-3-2-4-23(17-19)37-27(28,29)30/h2-12,17-18H,13-16H2,1H3,(H,31,32). The van der Waals surface area contributed by atoms with Crippen LogP contribution < -0.4 is 15.0 Å². The summed E-state index contributed by atoms with van der Waals surface area (Å²) in [4.78, 5) is 6.57. The highest BCUT2D eigenvalue weighted by molar-refractivity contribution is 7.88. The first-order chi connectivity index (χ1) is 18.0. The fraction of sp³-hybridized carbons (Fsp3) is 0.222. The second-order valence-corrected chi connectivity index (χ2v) is 11.0. The average molecular weight is 543 g/mol. The van der Waals surface area contributed by atoms with Crippen LogP contribution in [0.5, 0.6) is 5.75 Å². The molecule has 7 nitrogen and oxygen atoms in total. The number of alkyl halides is 3. The highest BCUT2D eigenvalue weighted by Gasteiger charge is 2.31. The van der Waals surface area contributed by atoms with Crippen LogP contribution in [0.2, 0.25) is 0 Å². The van der Waals surface area contributed by atoms with Crippen molar-refractivity contribution in [3.05, 3.63) is 79.0 Å². The van der Waals surface area contributed by atoms with Gasteiger partial charge in [-0.25, -0.2) is 8.42 Å².